The number of hydrogen-bond acceptors (Lipinski definition) is 3. The molecule has 0 atom stereocenters. The summed E-state index contributed by atoms with van der Waals surface area (Å²) in [6.45, 7) is 3.88. The van der Waals surface area contributed by atoms with E-state index in [-0.39, 0.29) is 11.8 Å². The van der Waals surface area contributed by atoms with Crippen LogP contribution < -0.4 is 5.32 Å². The van der Waals surface area contributed by atoms with Crippen molar-refractivity contribution in [2.45, 2.75) is 19.8 Å². The molecule has 1 rings (SSSR count). The summed E-state index contributed by atoms with van der Waals surface area (Å²) in [4.78, 5) is 23.4. The Hall–Kier alpha value is -1.84. The third-order valence-corrected chi connectivity index (χ3v) is 2.56. The van der Waals surface area contributed by atoms with E-state index < -0.39 is 5.97 Å². The molecule has 92 valence electrons. The van der Waals surface area contributed by atoms with E-state index in [0.29, 0.717) is 11.1 Å². The molecule has 0 radical (unpaired) electrons. The minimum absolute atomic E-state index is 0.0672. The number of amides is 1. The largest absolute Gasteiger partial charge is 0.465 e. The first-order chi connectivity index (χ1) is 8.02. The molecule has 0 aromatic heterocycles. The maximum atomic E-state index is 11.7. The molecule has 0 spiro atoms. The monoisotopic (exact) mass is 235 g/mol. The molecular formula is C13H17NO3. The maximum Gasteiger partial charge on any atom is 0.338 e. The van der Waals surface area contributed by atoms with Crippen molar-refractivity contribution in [1.82, 2.24) is 5.32 Å². The van der Waals surface area contributed by atoms with Gasteiger partial charge in [-0.1, -0.05) is 19.9 Å². The first kappa shape index (κ1) is 13.2. The molecule has 1 amide bonds. The van der Waals surface area contributed by atoms with Crippen molar-refractivity contribution >= 4 is 11.9 Å². The number of nitrogens with one attached hydrogen (secondary N) is 1. The lowest BCUT2D eigenvalue weighted by Gasteiger charge is -2.15. The lowest BCUT2D eigenvalue weighted by atomic mass is 9.91. The summed E-state index contributed by atoms with van der Waals surface area (Å²) in [7, 11) is 2.90. The Morgan fingerprint density at radius 1 is 1.24 bits per heavy atom. The number of ether oxygens (including phenoxy) is 1. The van der Waals surface area contributed by atoms with Crippen molar-refractivity contribution in [3.63, 3.8) is 0 Å². The van der Waals surface area contributed by atoms with Crippen LogP contribution in [0.4, 0.5) is 0 Å². The van der Waals surface area contributed by atoms with Gasteiger partial charge in [0.25, 0.3) is 5.91 Å². The zero-order valence-corrected chi connectivity index (χ0v) is 10.5. The van der Waals surface area contributed by atoms with Gasteiger partial charge in [-0.2, -0.15) is 0 Å². The molecule has 0 unspecified atom stereocenters. The van der Waals surface area contributed by atoms with Gasteiger partial charge < -0.3 is 10.1 Å². The van der Waals surface area contributed by atoms with Crippen LogP contribution in [0.5, 0.6) is 0 Å². The third kappa shape index (κ3) is 2.64. The van der Waals surface area contributed by atoms with E-state index in [1.807, 2.05) is 13.8 Å². The summed E-state index contributed by atoms with van der Waals surface area (Å²) in [5, 5.41) is 2.57. The van der Waals surface area contributed by atoms with E-state index in [1.165, 1.54) is 7.11 Å². The second kappa shape index (κ2) is 5.48. The zero-order valence-electron chi connectivity index (χ0n) is 10.5. The predicted octanol–water partition coefficient (Wildman–Crippen LogP) is 1.96. The Balaban J connectivity index is 3.42. The van der Waals surface area contributed by atoms with E-state index >= 15 is 0 Å². The summed E-state index contributed by atoms with van der Waals surface area (Å²) in [6, 6.07) is 5.07. The molecule has 0 aliphatic carbocycles. The van der Waals surface area contributed by atoms with Gasteiger partial charge in [-0.05, 0) is 23.6 Å². The van der Waals surface area contributed by atoms with Crippen LogP contribution in [0.3, 0.4) is 0 Å². The molecule has 1 aromatic carbocycles. The Kier molecular flexibility index (Phi) is 4.26. The first-order valence-electron chi connectivity index (χ1n) is 5.46. The number of carbonyl (C=O) groups is 2. The van der Waals surface area contributed by atoms with Gasteiger partial charge in [-0.3, -0.25) is 4.79 Å². The summed E-state index contributed by atoms with van der Waals surface area (Å²) in [5.41, 5.74) is 1.69. The fraction of sp³-hybridized carbons (Fsp3) is 0.385. The standard InChI is InChI=1S/C13H17NO3/c1-8(2)11-9(12(15)14-3)6-5-7-10(11)13(16)17-4/h5-8H,1-4H3,(H,14,15). The number of methoxy groups -OCH3 is 1. The number of carbonyl (C=O) groups excluding carboxylic acids is 2. The quantitative estimate of drug-likeness (QED) is 0.815. The van der Waals surface area contributed by atoms with Gasteiger partial charge in [0.2, 0.25) is 0 Å². The molecule has 0 saturated carbocycles. The van der Waals surface area contributed by atoms with Crippen molar-refractivity contribution < 1.29 is 14.3 Å². The Morgan fingerprint density at radius 3 is 2.29 bits per heavy atom. The molecular weight excluding hydrogens is 218 g/mol. The lowest BCUT2D eigenvalue weighted by molar-refractivity contribution is 0.0599. The molecule has 0 heterocycles. The zero-order chi connectivity index (χ0) is 13.0. The van der Waals surface area contributed by atoms with Gasteiger partial charge in [-0.25, -0.2) is 4.79 Å². The van der Waals surface area contributed by atoms with Gasteiger partial charge in [-0.15, -0.1) is 0 Å². The fourth-order valence-electron chi connectivity index (χ4n) is 1.81. The highest BCUT2D eigenvalue weighted by molar-refractivity contribution is 6.00. The lowest BCUT2D eigenvalue weighted by Crippen LogP contribution is -2.21. The number of rotatable bonds is 3. The summed E-state index contributed by atoms with van der Waals surface area (Å²) in [5.74, 6) is -0.545. The van der Waals surface area contributed by atoms with Crippen LogP contribution in [0.25, 0.3) is 0 Å². The SMILES string of the molecule is CNC(=O)c1cccc(C(=O)OC)c1C(C)C. The topological polar surface area (TPSA) is 55.4 Å². The number of benzene rings is 1. The molecule has 4 nitrogen and oxygen atoms in total. The highest BCUT2D eigenvalue weighted by Crippen LogP contribution is 2.24. The molecule has 0 saturated heterocycles. The van der Waals surface area contributed by atoms with E-state index in [1.54, 1.807) is 25.2 Å². The summed E-state index contributed by atoms with van der Waals surface area (Å²) in [6.07, 6.45) is 0. The third-order valence-electron chi connectivity index (χ3n) is 2.56. The minimum atomic E-state index is -0.417. The van der Waals surface area contributed by atoms with Crippen molar-refractivity contribution in [3.8, 4) is 0 Å². The van der Waals surface area contributed by atoms with Gasteiger partial charge in [0.15, 0.2) is 0 Å². The van der Waals surface area contributed by atoms with Crippen LogP contribution in [-0.2, 0) is 4.74 Å². The molecule has 17 heavy (non-hydrogen) atoms. The van der Waals surface area contributed by atoms with Crippen LogP contribution in [0.2, 0.25) is 0 Å². The summed E-state index contributed by atoms with van der Waals surface area (Å²) < 4.78 is 4.72. The first-order valence-corrected chi connectivity index (χ1v) is 5.46. The molecule has 0 aliphatic heterocycles. The average Bonchev–Trinajstić information content (AvgIpc) is 2.35. The van der Waals surface area contributed by atoms with Crippen molar-refractivity contribution in [1.29, 1.82) is 0 Å². The smallest absolute Gasteiger partial charge is 0.338 e. The predicted molar refractivity (Wildman–Crippen MR) is 65.3 cm³/mol. The Labute approximate surface area is 101 Å². The van der Waals surface area contributed by atoms with Gasteiger partial charge in [0.1, 0.15) is 0 Å². The van der Waals surface area contributed by atoms with Gasteiger partial charge >= 0.3 is 5.97 Å². The Morgan fingerprint density at radius 2 is 1.82 bits per heavy atom. The van der Waals surface area contributed by atoms with E-state index in [4.69, 9.17) is 4.74 Å². The highest BCUT2D eigenvalue weighted by atomic mass is 16.5. The molecule has 4 heteroatoms. The fourth-order valence-corrected chi connectivity index (χ4v) is 1.81. The van der Waals surface area contributed by atoms with Crippen LogP contribution in [0.1, 0.15) is 46.0 Å². The second-order valence-corrected chi connectivity index (χ2v) is 3.99. The molecule has 1 N–H and O–H groups in total. The van der Waals surface area contributed by atoms with Crippen molar-refractivity contribution in [3.05, 3.63) is 34.9 Å². The van der Waals surface area contributed by atoms with Crippen LogP contribution in [0.15, 0.2) is 18.2 Å². The number of esters is 1. The summed E-state index contributed by atoms with van der Waals surface area (Å²) >= 11 is 0. The van der Waals surface area contributed by atoms with Crippen LogP contribution in [0, 0.1) is 0 Å². The highest BCUT2D eigenvalue weighted by Gasteiger charge is 2.20. The van der Waals surface area contributed by atoms with E-state index in [2.05, 4.69) is 5.32 Å². The molecule has 1 aromatic rings. The maximum absolute atomic E-state index is 11.7. The molecule has 0 fully saturated rings. The van der Waals surface area contributed by atoms with Crippen LogP contribution in [-0.4, -0.2) is 26.0 Å². The molecule has 0 bridgehead atoms. The van der Waals surface area contributed by atoms with Crippen molar-refractivity contribution in [2.75, 3.05) is 14.2 Å². The van der Waals surface area contributed by atoms with E-state index in [0.717, 1.165) is 5.56 Å². The Bertz CT molecular complexity index is 404. The van der Waals surface area contributed by atoms with Crippen molar-refractivity contribution in [2.24, 2.45) is 0 Å². The van der Waals surface area contributed by atoms with E-state index in [9.17, 15) is 9.59 Å². The second-order valence-electron chi connectivity index (χ2n) is 3.99. The average molecular weight is 235 g/mol. The van der Waals surface area contributed by atoms with Gasteiger partial charge in [0.05, 0.1) is 12.7 Å². The molecule has 0 aliphatic rings. The normalized spacial score (nSPS) is 10.2. The van der Waals surface area contributed by atoms with Gasteiger partial charge in [0, 0.05) is 12.6 Å². The minimum Gasteiger partial charge on any atom is -0.465 e. The number of hydrogen-bond donors (Lipinski definition) is 1. The van der Waals surface area contributed by atoms with Crippen LogP contribution >= 0.6 is 0 Å².